The molecule has 1 heterocycles. The molecule has 1 aliphatic heterocycles. The Bertz CT molecular complexity index is 771. The molecule has 0 spiro atoms. The van der Waals surface area contributed by atoms with Crippen LogP contribution in [0.15, 0.2) is 41.3 Å². The number of hydrogen-bond acceptors (Lipinski definition) is 4. The highest BCUT2D eigenvalue weighted by Gasteiger charge is 2.29. The van der Waals surface area contributed by atoms with Crippen molar-refractivity contribution < 1.29 is 22.1 Å². The molecule has 0 aromatic heterocycles. The van der Waals surface area contributed by atoms with Crippen molar-refractivity contribution in [3.05, 3.63) is 36.4 Å². The molecule has 0 unspecified atom stereocenters. The van der Waals surface area contributed by atoms with E-state index in [1.807, 2.05) is 6.92 Å². The standard InChI is InChI=1S/C16H19OS.CH3FO3S/c1-2-17-15-9-10-16(18-11-5-6-12-18)14-8-4-3-7-13(14)15;2-1-6(3,4)5/h3-4,7-10H,2,5-6,11-12H2,1H3;1H2,(H,3,4,5)/q+1;/p-1. The maximum absolute atomic E-state index is 10.6. The average Bonchev–Trinajstić information content (AvgIpc) is 3.10. The van der Waals surface area contributed by atoms with E-state index >= 15 is 0 Å². The van der Waals surface area contributed by atoms with E-state index in [1.165, 1.54) is 35.1 Å². The molecule has 0 bridgehead atoms. The highest BCUT2D eigenvalue weighted by atomic mass is 32.2. The van der Waals surface area contributed by atoms with Crippen molar-refractivity contribution in [1.82, 2.24) is 0 Å². The summed E-state index contributed by atoms with van der Waals surface area (Å²) < 4.78 is 43.5. The maximum atomic E-state index is 10.6. The maximum Gasteiger partial charge on any atom is 0.179 e. The third kappa shape index (κ3) is 5.09. The van der Waals surface area contributed by atoms with Crippen molar-refractivity contribution in [3.63, 3.8) is 0 Å². The van der Waals surface area contributed by atoms with E-state index in [0.717, 1.165) is 12.4 Å². The molecule has 2 aromatic carbocycles. The van der Waals surface area contributed by atoms with E-state index in [4.69, 9.17) is 17.7 Å². The smallest absolute Gasteiger partial charge is 0.179 e. The topological polar surface area (TPSA) is 66.4 Å². The number of halogens is 1. The minimum absolute atomic E-state index is 0.467. The third-order valence-electron chi connectivity index (χ3n) is 3.62. The lowest BCUT2D eigenvalue weighted by Gasteiger charge is -2.10. The fourth-order valence-electron chi connectivity index (χ4n) is 2.65. The molecule has 1 fully saturated rings. The van der Waals surface area contributed by atoms with E-state index < -0.39 is 16.1 Å². The predicted molar refractivity (Wildman–Crippen MR) is 95.4 cm³/mol. The van der Waals surface area contributed by atoms with Gasteiger partial charge in [-0.05, 0) is 38.0 Å². The molecule has 0 amide bonds. The lowest BCUT2D eigenvalue weighted by atomic mass is 10.1. The second-order valence-electron chi connectivity index (χ2n) is 5.32. The van der Waals surface area contributed by atoms with Gasteiger partial charge in [0.25, 0.3) is 0 Å². The number of hydrogen-bond donors (Lipinski definition) is 0. The molecule has 1 saturated heterocycles. The fourth-order valence-corrected chi connectivity index (χ4v) is 5.15. The summed E-state index contributed by atoms with van der Waals surface area (Å²) in [6.45, 7) is 2.77. The van der Waals surface area contributed by atoms with Gasteiger partial charge >= 0.3 is 0 Å². The Balaban J connectivity index is 0.000000301. The number of rotatable bonds is 4. The number of ether oxygens (including phenoxy) is 1. The quantitative estimate of drug-likeness (QED) is 0.609. The summed E-state index contributed by atoms with van der Waals surface area (Å²) >= 11 is 0. The van der Waals surface area contributed by atoms with Crippen LogP contribution < -0.4 is 4.74 Å². The van der Waals surface area contributed by atoms with Crippen LogP contribution in [0.5, 0.6) is 5.75 Å². The van der Waals surface area contributed by atoms with Crippen LogP contribution in [0.2, 0.25) is 0 Å². The van der Waals surface area contributed by atoms with Gasteiger partial charge in [-0.15, -0.1) is 0 Å². The molecule has 132 valence electrons. The van der Waals surface area contributed by atoms with Crippen LogP contribution in [0.3, 0.4) is 0 Å². The van der Waals surface area contributed by atoms with Gasteiger partial charge in [0.1, 0.15) is 27.4 Å². The molecule has 0 N–H and O–H groups in total. The van der Waals surface area contributed by atoms with Crippen molar-refractivity contribution in [2.75, 3.05) is 24.1 Å². The zero-order valence-corrected chi connectivity index (χ0v) is 15.2. The van der Waals surface area contributed by atoms with E-state index in [9.17, 15) is 4.39 Å². The van der Waals surface area contributed by atoms with Crippen molar-refractivity contribution in [2.24, 2.45) is 0 Å². The zero-order chi connectivity index (χ0) is 17.6. The molecule has 0 atom stereocenters. The van der Waals surface area contributed by atoms with E-state index in [0.29, 0.717) is 10.9 Å². The molecule has 24 heavy (non-hydrogen) atoms. The molecular formula is C17H21FO4S2. The number of benzene rings is 2. The Hall–Kier alpha value is -1.31. The second-order valence-corrected chi connectivity index (χ2v) is 8.89. The predicted octanol–water partition coefficient (Wildman–Crippen LogP) is 3.47. The Morgan fingerprint density at radius 1 is 1.12 bits per heavy atom. The molecule has 2 aromatic rings. The van der Waals surface area contributed by atoms with Gasteiger partial charge in [0.15, 0.2) is 10.9 Å². The average molecular weight is 372 g/mol. The fraction of sp³-hybridized carbons (Fsp3) is 0.412. The van der Waals surface area contributed by atoms with Gasteiger partial charge in [0.2, 0.25) is 0 Å². The van der Waals surface area contributed by atoms with E-state index in [1.54, 1.807) is 4.90 Å². The van der Waals surface area contributed by atoms with Crippen molar-refractivity contribution in [3.8, 4) is 5.75 Å². The van der Waals surface area contributed by atoms with Gasteiger partial charge in [0, 0.05) is 21.7 Å². The lowest BCUT2D eigenvalue weighted by molar-refractivity contribution is 0.344. The van der Waals surface area contributed by atoms with Crippen molar-refractivity contribution >= 4 is 31.8 Å². The summed E-state index contributed by atoms with van der Waals surface area (Å²) in [7, 11) is -4.11. The molecule has 0 aliphatic carbocycles. The lowest BCUT2D eigenvalue weighted by Crippen LogP contribution is -2.05. The Morgan fingerprint density at radius 2 is 1.71 bits per heavy atom. The molecule has 7 heteroatoms. The normalized spacial score (nSPS) is 15.1. The molecular weight excluding hydrogens is 351 g/mol. The van der Waals surface area contributed by atoms with Crippen molar-refractivity contribution in [1.29, 1.82) is 0 Å². The third-order valence-corrected chi connectivity index (χ3v) is 6.43. The summed E-state index contributed by atoms with van der Waals surface area (Å²) in [6, 6.07) is 11.3. The first kappa shape index (κ1) is 19.0. The van der Waals surface area contributed by atoms with Gasteiger partial charge in [0.05, 0.1) is 6.61 Å². The number of alkyl halides is 1. The van der Waals surface area contributed by atoms with E-state index in [2.05, 4.69) is 36.4 Å². The van der Waals surface area contributed by atoms with Gasteiger partial charge in [-0.1, -0.05) is 18.2 Å². The number of fused-ring (bicyclic) bond motifs is 1. The summed E-state index contributed by atoms with van der Waals surface area (Å²) in [5, 5.41) is 2.67. The SMILES string of the molecule is CCOc1ccc([S+]2CCCC2)c2ccccc12.O=S(=O)([O-])CF. The largest absolute Gasteiger partial charge is 0.746 e. The van der Waals surface area contributed by atoms with Gasteiger partial charge in [-0.2, -0.15) is 0 Å². The first-order chi connectivity index (χ1) is 11.5. The first-order valence-electron chi connectivity index (χ1n) is 7.78. The highest BCUT2D eigenvalue weighted by molar-refractivity contribution is 7.97. The highest BCUT2D eigenvalue weighted by Crippen LogP contribution is 2.34. The second kappa shape index (κ2) is 8.69. The van der Waals surface area contributed by atoms with Crippen LogP contribution in [0.4, 0.5) is 4.39 Å². The first-order valence-corrected chi connectivity index (χ1v) is 10.9. The molecule has 4 nitrogen and oxygen atoms in total. The van der Waals surface area contributed by atoms with Crippen LogP contribution in [-0.4, -0.2) is 37.1 Å². The summed E-state index contributed by atoms with van der Waals surface area (Å²) in [4.78, 5) is 1.55. The van der Waals surface area contributed by atoms with Gasteiger partial charge in [-0.25, -0.2) is 12.8 Å². The summed E-state index contributed by atoms with van der Waals surface area (Å²) in [6.07, 6.45) is 2.79. The van der Waals surface area contributed by atoms with Crippen LogP contribution >= 0.6 is 0 Å². The van der Waals surface area contributed by atoms with E-state index in [-0.39, 0.29) is 0 Å². The summed E-state index contributed by atoms with van der Waals surface area (Å²) in [5.74, 6) is 3.77. The molecule has 0 saturated carbocycles. The summed E-state index contributed by atoms with van der Waals surface area (Å²) in [5.41, 5.74) is 0. The molecule has 0 radical (unpaired) electrons. The zero-order valence-electron chi connectivity index (χ0n) is 13.5. The van der Waals surface area contributed by atoms with Crippen molar-refractivity contribution in [2.45, 2.75) is 24.7 Å². The minimum atomic E-state index is -4.58. The Morgan fingerprint density at radius 3 is 2.25 bits per heavy atom. The molecule has 1 aliphatic rings. The monoisotopic (exact) mass is 372 g/mol. The van der Waals surface area contributed by atoms with Gasteiger partial charge in [-0.3, -0.25) is 0 Å². The molecule has 3 rings (SSSR count). The Labute approximate surface area is 145 Å². The van der Waals surface area contributed by atoms with Crippen LogP contribution in [-0.2, 0) is 21.0 Å². The minimum Gasteiger partial charge on any atom is -0.746 e. The van der Waals surface area contributed by atoms with Crippen LogP contribution in [0.1, 0.15) is 19.8 Å². The Kier molecular flexibility index (Phi) is 6.89. The van der Waals surface area contributed by atoms with Crippen LogP contribution in [0, 0.1) is 0 Å². The van der Waals surface area contributed by atoms with Gasteiger partial charge < -0.3 is 9.29 Å². The van der Waals surface area contributed by atoms with Crippen LogP contribution in [0.25, 0.3) is 10.8 Å².